The Kier molecular flexibility index (Phi) is 5.86. The second-order valence-corrected chi connectivity index (χ2v) is 8.70. The van der Waals surface area contributed by atoms with Crippen LogP contribution in [0.1, 0.15) is 35.9 Å². The van der Waals surface area contributed by atoms with Crippen LogP contribution in [0.4, 0.5) is 10.2 Å². The molecule has 0 unspecified atom stereocenters. The van der Waals surface area contributed by atoms with E-state index in [0.717, 1.165) is 23.0 Å². The molecular formula is C25H25FN8O. The quantitative estimate of drug-likeness (QED) is 0.382. The summed E-state index contributed by atoms with van der Waals surface area (Å²) in [5.74, 6) is -0.268. The van der Waals surface area contributed by atoms with Crippen LogP contribution in [-0.4, -0.2) is 39.8 Å². The summed E-state index contributed by atoms with van der Waals surface area (Å²) in [6.07, 6.45) is 7.98. The third kappa shape index (κ3) is 4.54. The first-order chi connectivity index (χ1) is 16.9. The minimum atomic E-state index is -0.590. The van der Waals surface area contributed by atoms with Crippen LogP contribution in [0, 0.1) is 5.82 Å². The zero-order chi connectivity index (χ0) is 24.5. The van der Waals surface area contributed by atoms with E-state index in [1.807, 2.05) is 53.1 Å². The Bertz CT molecular complexity index is 1510. The lowest BCUT2D eigenvalue weighted by molar-refractivity contribution is 0.102. The Hall–Kier alpha value is -4.34. The monoisotopic (exact) mass is 472 g/mol. The molecule has 4 heterocycles. The number of pyridine rings is 1. The van der Waals surface area contributed by atoms with Crippen molar-refractivity contribution in [2.45, 2.75) is 32.9 Å². The standard InChI is InChI=1S/C25H25FN8O/c1-16(2)34-15-28-31-24(34)21-5-4-6-23(29-21)30-25(35)19-12-22-17(11-20(19)26)7-9-33(22)10-8-18-13-32(3)14-27-18/h4-7,9,11-16H,8,10H2,1-3H3,(H,29,30,35). The van der Waals surface area contributed by atoms with E-state index in [-0.39, 0.29) is 11.6 Å². The van der Waals surface area contributed by atoms with Gasteiger partial charge in [-0.15, -0.1) is 10.2 Å². The maximum Gasteiger partial charge on any atom is 0.259 e. The van der Waals surface area contributed by atoms with Gasteiger partial charge >= 0.3 is 0 Å². The first-order valence-corrected chi connectivity index (χ1v) is 11.3. The summed E-state index contributed by atoms with van der Waals surface area (Å²) in [5, 5.41) is 11.6. The highest BCUT2D eigenvalue weighted by atomic mass is 19.1. The van der Waals surface area contributed by atoms with Crippen LogP contribution >= 0.6 is 0 Å². The smallest absolute Gasteiger partial charge is 0.259 e. The van der Waals surface area contributed by atoms with E-state index in [0.29, 0.717) is 23.9 Å². The summed E-state index contributed by atoms with van der Waals surface area (Å²) in [7, 11) is 1.93. The number of benzene rings is 1. The van der Waals surface area contributed by atoms with E-state index < -0.39 is 11.7 Å². The van der Waals surface area contributed by atoms with E-state index in [9.17, 15) is 9.18 Å². The topological polar surface area (TPSA) is 95.5 Å². The van der Waals surface area contributed by atoms with Gasteiger partial charge < -0.3 is 19.0 Å². The number of nitrogens with zero attached hydrogens (tertiary/aromatic N) is 7. The molecule has 5 rings (SSSR count). The number of halogens is 1. The number of imidazole rings is 1. The van der Waals surface area contributed by atoms with Crippen LogP contribution in [-0.2, 0) is 20.0 Å². The molecule has 0 atom stereocenters. The fraction of sp³-hybridized carbons (Fsp3) is 0.240. The molecule has 1 N–H and O–H groups in total. The van der Waals surface area contributed by atoms with Crippen molar-refractivity contribution in [1.82, 2.24) is 33.9 Å². The maximum atomic E-state index is 14.9. The molecule has 0 saturated heterocycles. The van der Waals surface area contributed by atoms with Gasteiger partial charge in [-0.3, -0.25) is 4.79 Å². The van der Waals surface area contributed by atoms with Gasteiger partial charge in [-0.05, 0) is 44.2 Å². The van der Waals surface area contributed by atoms with Crippen molar-refractivity contribution in [2.75, 3.05) is 5.32 Å². The fourth-order valence-electron chi connectivity index (χ4n) is 4.03. The van der Waals surface area contributed by atoms with Gasteiger partial charge in [-0.2, -0.15) is 0 Å². The number of aromatic nitrogens is 7. The summed E-state index contributed by atoms with van der Waals surface area (Å²) >= 11 is 0. The molecule has 0 spiro atoms. The first-order valence-electron chi connectivity index (χ1n) is 11.3. The number of anilines is 1. The lowest BCUT2D eigenvalue weighted by Crippen LogP contribution is -2.15. The number of fused-ring (bicyclic) bond motifs is 1. The van der Waals surface area contributed by atoms with Gasteiger partial charge in [0.25, 0.3) is 5.91 Å². The van der Waals surface area contributed by atoms with Crippen LogP contribution in [0.3, 0.4) is 0 Å². The summed E-state index contributed by atoms with van der Waals surface area (Å²) in [4.78, 5) is 21.9. The van der Waals surface area contributed by atoms with Crippen molar-refractivity contribution in [3.05, 3.63) is 78.5 Å². The molecule has 5 aromatic rings. The first kappa shape index (κ1) is 22.5. The van der Waals surface area contributed by atoms with Crippen molar-refractivity contribution in [1.29, 1.82) is 0 Å². The van der Waals surface area contributed by atoms with Gasteiger partial charge in [0, 0.05) is 49.4 Å². The molecule has 9 nitrogen and oxygen atoms in total. The Balaban J connectivity index is 1.39. The van der Waals surface area contributed by atoms with E-state index in [1.165, 1.54) is 6.07 Å². The predicted molar refractivity (Wildman–Crippen MR) is 130 cm³/mol. The van der Waals surface area contributed by atoms with Crippen LogP contribution in [0.15, 0.2) is 61.4 Å². The number of hydrogen-bond donors (Lipinski definition) is 1. The molecule has 178 valence electrons. The number of carbonyl (C=O) groups excluding carboxylic acids is 1. The number of amides is 1. The lowest BCUT2D eigenvalue weighted by atomic mass is 10.1. The Morgan fingerprint density at radius 1 is 1.17 bits per heavy atom. The van der Waals surface area contributed by atoms with E-state index >= 15 is 0 Å². The second kappa shape index (κ2) is 9.13. The second-order valence-electron chi connectivity index (χ2n) is 8.70. The van der Waals surface area contributed by atoms with Crippen molar-refractivity contribution in [3.8, 4) is 11.5 Å². The van der Waals surface area contributed by atoms with Gasteiger partial charge in [0.2, 0.25) is 0 Å². The average Bonchev–Trinajstić information content (AvgIpc) is 3.57. The molecule has 0 bridgehead atoms. The lowest BCUT2D eigenvalue weighted by Gasteiger charge is -2.11. The molecule has 1 aromatic carbocycles. The summed E-state index contributed by atoms with van der Waals surface area (Å²) in [6, 6.07) is 10.2. The minimum absolute atomic E-state index is 0.0483. The molecule has 0 aliphatic rings. The van der Waals surface area contributed by atoms with Crippen molar-refractivity contribution in [2.24, 2.45) is 7.05 Å². The van der Waals surface area contributed by atoms with Crippen LogP contribution in [0.5, 0.6) is 0 Å². The van der Waals surface area contributed by atoms with Gasteiger partial charge in [-0.1, -0.05) is 6.07 Å². The summed E-state index contributed by atoms with van der Waals surface area (Å²) in [5.41, 5.74) is 2.26. The van der Waals surface area contributed by atoms with E-state index in [2.05, 4.69) is 25.5 Å². The predicted octanol–water partition coefficient (Wildman–Crippen LogP) is 4.24. The van der Waals surface area contributed by atoms with Crippen LogP contribution < -0.4 is 5.32 Å². The van der Waals surface area contributed by atoms with E-state index in [1.54, 1.807) is 36.9 Å². The zero-order valence-electron chi connectivity index (χ0n) is 19.7. The molecule has 0 aliphatic carbocycles. The molecule has 0 fully saturated rings. The normalized spacial score (nSPS) is 11.5. The van der Waals surface area contributed by atoms with Crippen molar-refractivity contribution >= 4 is 22.6 Å². The summed E-state index contributed by atoms with van der Waals surface area (Å²) in [6.45, 7) is 4.70. The number of carbonyl (C=O) groups is 1. The SMILES string of the molecule is CC(C)n1cnnc1-c1cccc(NC(=O)c2cc3c(ccn3CCc3cn(C)cn3)cc2F)n1. The number of nitrogens with one attached hydrogen (secondary N) is 1. The van der Waals surface area contributed by atoms with Gasteiger partial charge in [0.05, 0.1) is 17.6 Å². The highest BCUT2D eigenvalue weighted by molar-refractivity contribution is 6.06. The Labute approximate surface area is 201 Å². The van der Waals surface area contributed by atoms with Crippen molar-refractivity contribution in [3.63, 3.8) is 0 Å². The Morgan fingerprint density at radius 2 is 2.03 bits per heavy atom. The third-order valence-electron chi connectivity index (χ3n) is 5.82. The van der Waals surface area contributed by atoms with Crippen molar-refractivity contribution < 1.29 is 9.18 Å². The number of aryl methyl sites for hydroxylation is 3. The van der Waals surface area contributed by atoms with Crippen LogP contribution in [0.25, 0.3) is 22.4 Å². The molecular weight excluding hydrogens is 447 g/mol. The number of hydrogen-bond acceptors (Lipinski definition) is 5. The fourth-order valence-corrected chi connectivity index (χ4v) is 4.03. The molecule has 10 heteroatoms. The van der Waals surface area contributed by atoms with Gasteiger partial charge in [0.1, 0.15) is 23.7 Å². The Morgan fingerprint density at radius 3 is 2.80 bits per heavy atom. The van der Waals surface area contributed by atoms with Gasteiger partial charge in [0.15, 0.2) is 5.82 Å². The molecule has 4 aromatic heterocycles. The zero-order valence-corrected chi connectivity index (χ0v) is 19.7. The third-order valence-corrected chi connectivity index (χ3v) is 5.82. The average molecular weight is 473 g/mol. The van der Waals surface area contributed by atoms with Gasteiger partial charge in [-0.25, -0.2) is 14.4 Å². The maximum absolute atomic E-state index is 14.9. The minimum Gasteiger partial charge on any atom is -0.347 e. The number of rotatable bonds is 7. The molecule has 1 amide bonds. The molecule has 0 aliphatic heterocycles. The largest absolute Gasteiger partial charge is 0.347 e. The molecule has 0 radical (unpaired) electrons. The summed E-state index contributed by atoms with van der Waals surface area (Å²) < 4.78 is 20.6. The molecule has 0 saturated carbocycles. The highest BCUT2D eigenvalue weighted by Gasteiger charge is 2.17. The highest BCUT2D eigenvalue weighted by Crippen LogP contribution is 2.23. The van der Waals surface area contributed by atoms with Crippen LogP contribution in [0.2, 0.25) is 0 Å². The van der Waals surface area contributed by atoms with E-state index in [4.69, 9.17) is 0 Å². The molecule has 35 heavy (non-hydrogen) atoms.